The predicted molar refractivity (Wildman–Crippen MR) is 92.0 cm³/mol. The molecule has 0 spiro atoms. The van der Waals surface area contributed by atoms with Gasteiger partial charge in [-0.05, 0) is 42.5 Å². The second-order valence-electron chi connectivity index (χ2n) is 6.56. The number of nitrogens with zero attached hydrogens (tertiary/aromatic N) is 5. The molecule has 1 N–H and O–H groups in total. The maximum atomic E-state index is 12.5. The molecule has 0 saturated heterocycles. The van der Waals surface area contributed by atoms with Crippen LogP contribution >= 0.6 is 0 Å². The van der Waals surface area contributed by atoms with Crippen LogP contribution in [0.25, 0.3) is 5.69 Å². The Hall–Kier alpha value is -2.96. The first kappa shape index (κ1) is 15.6. The highest BCUT2D eigenvalue weighted by atomic mass is 16.2. The first-order valence-corrected chi connectivity index (χ1v) is 8.35. The molecule has 3 aromatic rings. The number of hydrogen-bond donors (Lipinski definition) is 1. The van der Waals surface area contributed by atoms with Gasteiger partial charge >= 0.3 is 0 Å². The van der Waals surface area contributed by atoms with Gasteiger partial charge in [0.15, 0.2) is 0 Å². The SMILES string of the molecule is C[C@H](NC(=O)[C@@H]1C[C@@H]1c1cnn(C)c1)c1ccc(-n2cncn2)cc1. The smallest absolute Gasteiger partial charge is 0.224 e. The summed E-state index contributed by atoms with van der Waals surface area (Å²) < 4.78 is 3.48. The lowest BCUT2D eigenvalue weighted by Gasteiger charge is -2.15. The summed E-state index contributed by atoms with van der Waals surface area (Å²) in [7, 11) is 1.89. The minimum atomic E-state index is -0.0348. The summed E-state index contributed by atoms with van der Waals surface area (Å²) in [6, 6.07) is 7.93. The van der Waals surface area contributed by atoms with Crippen molar-refractivity contribution in [3.63, 3.8) is 0 Å². The van der Waals surface area contributed by atoms with Crippen molar-refractivity contribution in [2.45, 2.75) is 25.3 Å². The van der Waals surface area contributed by atoms with E-state index in [1.54, 1.807) is 15.7 Å². The van der Waals surface area contributed by atoms with Crippen LogP contribution < -0.4 is 5.32 Å². The van der Waals surface area contributed by atoms with Gasteiger partial charge in [-0.3, -0.25) is 9.48 Å². The highest BCUT2D eigenvalue weighted by molar-refractivity contribution is 5.83. The van der Waals surface area contributed by atoms with Crippen LogP contribution in [0.1, 0.15) is 36.4 Å². The predicted octanol–water partition coefficient (Wildman–Crippen LogP) is 1.98. The van der Waals surface area contributed by atoms with Crippen molar-refractivity contribution in [2.75, 3.05) is 0 Å². The summed E-state index contributed by atoms with van der Waals surface area (Å²) >= 11 is 0. The maximum Gasteiger partial charge on any atom is 0.224 e. The number of aryl methyl sites for hydroxylation is 1. The van der Waals surface area contributed by atoms with Crippen LogP contribution in [0.5, 0.6) is 0 Å². The molecule has 2 heterocycles. The molecule has 25 heavy (non-hydrogen) atoms. The Kier molecular flexibility index (Phi) is 3.83. The molecule has 7 nitrogen and oxygen atoms in total. The van der Waals surface area contributed by atoms with E-state index in [-0.39, 0.29) is 17.9 Å². The molecule has 0 aliphatic heterocycles. The monoisotopic (exact) mass is 336 g/mol. The zero-order valence-corrected chi connectivity index (χ0v) is 14.2. The van der Waals surface area contributed by atoms with E-state index in [1.807, 2.05) is 50.6 Å². The van der Waals surface area contributed by atoms with Gasteiger partial charge in [-0.25, -0.2) is 9.67 Å². The minimum Gasteiger partial charge on any atom is -0.349 e. The van der Waals surface area contributed by atoms with Crippen LogP contribution in [0, 0.1) is 5.92 Å². The standard InChI is InChI=1S/C18H20N6O/c1-12(13-3-5-15(6-4-13)24-11-19-10-21-24)22-18(25)17-7-16(17)14-8-20-23(2)9-14/h3-6,8-12,16-17H,7H2,1-2H3,(H,22,25)/t12-,16+,17+/m0/s1. The van der Waals surface area contributed by atoms with Crippen LogP contribution in [-0.4, -0.2) is 30.5 Å². The average molecular weight is 336 g/mol. The molecular weight excluding hydrogens is 316 g/mol. The van der Waals surface area contributed by atoms with Crippen LogP contribution in [0.15, 0.2) is 49.3 Å². The largest absolute Gasteiger partial charge is 0.349 e. The Morgan fingerprint density at radius 2 is 2.08 bits per heavy atom. The molecule has 3 atom stereocenters. The quantitative estimate of drug-likeness (QED) is 0.773. The molecule has 0 bridgehead atoms. The number of hydrogen-bond acceptors (Lipinski definition) is 4. The molecule has 1 fully saturated rings. The van der Waals surface area contributed by atoms with Crippen molar-refractivity contribution in [3.05, 3.63) is 60.4 Å². The summed E-state index contributed by atoms with van der Waals surface area (Å²) in [4.78, 5) is 16.4. The Balaban J connectivity index is 1.37. The highest BCUT2D eigenvalue weighted by Crippen LogP contribution is 2.47. The highest BCUT2D eigenvalue weighted by Gasteiger charge is 2.44. The molecule has 0 unspecified atom stereocenters. The van der Waals surface area contributed by atoms with Gasteiger partial charge < -0.3 is 5.32 Å². The molecule has 4 rings (SSSR count). The number of nitrogens with one attached hydrogen (secondary N) is 1. The zero-order valence-electron chi connectivity index (χ0n) is 14.2. The molecule has 7 heteroatoms. The lowest BCUT2D eigenvalue weighted by Crippen LogP contribution is -2.28. The van der Waals surface area contributed by atoms with Gasteiger partial charge in [0.05, 0.1) is 17.9 Å². The van der Waals surface area contributed by atoms with Gasteiger partial charge in [0.1, 0.15) is 12.7 Å². The van der Waals surface area contributed by atoms with Crippen LogP contribution in [0.2, 0.25) is 0 Å². The first-order valence-electron chi connectivity index (χ1n) is 8.35. The first-order chi connectivity index (χ1) is 12.1. The van der Waals surface area contributed by atoms with E-state index in [1.165, 1.54) is 6.33 Å². The Bertz CT molecular complexity index is 867. The van der Waals surface area contributed by atoms with Gasteiger partial charge in [-0.2, -0.15) is 10.2 Å². The van der Waals surface area contributed by atoms with Gasteiger partial charge in [-0.1, -0.05) is 12.1 Å². The molecule has 128 valence electrons. The van der Waals surface area contributed by atoms with E-state index >= 15 is 0 Å². The third kappa shape index (κ3) is 3.17. The summed E-state index contributed by atoms with van der Waals surface area (Å²) in [5.74, 6) is 0.471. The minimum absolute atomic E-state index is 0.0348. The topological polar surface area (TPSA) is 77.6 Å². The van der Waals surface area contributed by atoms with E-state index in [4.69, 9.17) is 0 Å². The van der Waals surface area contributed by atoms with E-state index < -0.39 is 0 Å². The second kappa shape index (κ2) is 6.16. The molecule has 1 amide bonds. The van der Waals surface area contributed by atoms with Crippen LogP contribution in [0.4, 0.5) is 0 Å². The third-order valence-corrected chi connectivity index (χ3v) is 4.72. The molecule has 1 aliphatic rings. The van der Waals surface area contributed by atoms with Gasteiger partial charge in [-0.15, -0.1) is 0 Å². The van der Waals surface area contributed by atoms with E-state index in [2.05, 4.69) is 20.5 Å². The Morgan fingerprint density at radius 1 is 1.28 bits per heavy atom. The van der Waals surface area contributed by atoms with Crippen LogP contribution in [-0.2, 0) is 11.8 Å². The lowest BCUT2D eigenvalue weighted by atomic mass is 10.1. The van der Waals surface area contributed by atoms with Gasteiger partial charge in [0.25, 0.3) is 0 Å². The van der Waals surface area contributed by atoms with Crippen molar-refractivity contribution in [3.8, 4) is 5.69 Å². The van der Waals surface area contributed by atoms with Crippen molar-refractivity contribution in [1.29, 1.82) is 0 Å². The number of rotatable bonds is 5. The molecule has 1 saturated carbocycles. The molecular formula is C18H20N6O. The van der Waals surface area contributed by atoms with E-state index in [9.17, 15) is 4.79 Å². The number of aromatic nitrogens is 5. The Morgan fingerprint density at radius 3 is 2.72 bits per heavy atom. The van der Waals surface area contributed by atoms with Gasteiger partial charge in [0, 0.05) is 19.2 Å². The number of benzene rings is 1. The summed E-state index contributed by atoms with van der Waals surface area (Å²) in [5.41, 5.74) is 3.15. The van der Waals surface area contributed by atoms with E-state index in [0.29, 0.717) is 5.92 Å². The van der Waals surface area contributed by atoms with Gasteiger partial charge in [0.2, 0.25) is 5.91 Å². The van der Waals surface area contributed by atoms with Crippen molar-refractivity contribution >= 4 is 5.91 Å². The number of amides is 1. The third-order valence-electron chi connectivity index (χ3n) is 4.72. The summed E-state index contributed by atoms with van der Waals surface area (Å²) in [6.45, 7) is 2.00. The fourth-order valence-electron chi connectivity index (χ4n) is 3.15. The fraction of sp³-hybridized carbons (Fsp3) is 0.333. The van der Waals surface area contributed by atoms with Crippen molar-refractivity contribution in [1.82, 2.24) is 29.9 Å². The van der Waals surface area contributed by atoms with Crippen molar-refractivity contribution < 1.29 is 4.79 Å². The fourth-order valence-corrected chi connectivity index (χ4v) is 3.15. The molecule has 0 radical (unpaired) electrons. The average Bonchev–Trinajstić information content (AvgIpc) is 3.02. The number of carbonyl (C=O) groups excluding carboxylic acids is 1. The maximum absolute atomic E-state index is 12.5. The normalized spacial score (nSPS) is 20.2. The zero-order chi connectivity index (χ0) is 17.4. The van der Waals surface area contributed by atoms with E-state index in [0.717, 1.165) is 23.2 Å². The molecule has 1 aliphatic carbocycles. The van der Waals surface area contributed by atoms with Crippen molar-refractivity contribution in [2.24, 2.45) is 13.0 Å². The molecule has 1 aromatic carbocycles. The van der Waals surface area contributed by atoms with Crippen LogP contribution in [0.3, 0.4) is 0 Å². The lowest BCUT2D eigenvalue weighted by molar-refractivity contribution is -0.123. The second-order valence-corrected chi connectivity index (χ2v) is 6.56. The Labute approximate surface area is 145 Å². The summed E-state index contributed by atoms with van der Waals surface area (Å²) in [6.07, 6.45) is 7.90. The summed E-state index contributed by atoms with van der Waals surface area (Å²) in [5, 5.41) is 11.4. The molecule has 2 aromatic heterocycles. The number of carbonyl (C=O) groups is 1.